The average Bonchev–Trinajstić information content (AvgIpc) is 2.88. The smallest absolute Gasteiger partial charge is 0.340 e. The van der Waals surface area contributed by atoms with Gasteiger partial charge in [-0.3, -0.25) is 9.69 Å². The molecule has 0 bridgehead atoms. The second kappa shape index (κ2) is 6.68. The fourth-order valence-corrected chi connectivity index (χ4v) is 2.85. The van der Waals surface area contributed by atoms with Crippen LogP contribution >= 0.6 is 0 Å². The van der Waals surface area contributed by atoms with Crippen molar-refractivity contribution in [2.45, 2.75) is 13.0 Å². The van der Waals surface area contributed by atoms with Crippen molar-refractivity contribution in [3.63, 3.8) is 0 Å². The van der Waals surface area contributed by atoms with E-state index in [1.807, 2.05) is 0 Å². The van der Waals surface area contributed by atoms with Crippen molar-refractivity contribution in [2.24, 2.45) is 0 Å². The molecule has 2 N–H and O–H groups in total. The number of nitrogens with zero attached hydrogens (tertiary/aromatic N) is 1. The number of carbonyl (C=O) groups is 2. The van der Waals surface area contributed by atoms with Gasteiger partial charge in [-0.05, 0) is 36.8 Å². The van der Waals surface area contributed by atoms with Crippen LogP contribution in [0.1, 0.15) is 18.5 Å². The van der Waals surface area contributed by atoms with E-state index in [1.54, 1.807) is 49.4 Å². The van der Waals surface area contributed by atoms with E-state index in [-0.39, 0.29) is 17.9 Å². The van der Waals surface area contributed by atoms with Gasteiger partial charge < -0.3 is 14.9 Å². The Morgan fingerprint density at radius 2 is 1.72 bits per heavy atom. The Kier molecular flexibility index (Phi) is 4.43. The highest BCUT2D eigenvalue weighted by Gasteiger charge is 2.45. The van der Waals surface area contributed by atoms with Gasteiger partial charge in [-0.2, -0.15) is 0 Å². The van der Waals surface area contributed by atoms with Gasteiger partial charge >= 0.3 is 5.97 Å². The van der Waals surface area contributed by atoms with Crippen LogP contribution in [0.4, 0.5) is 5.69 Å². The zero-order valence-electron chi connectivity index (χ0n) is 13.5. The number of para-hydroxylation sites is 1. The summed E-state index contributed by atoms with van der Waals surface area (Å²) in [6.07, 6.45) is 0. The zero-order valence-corrected chi connectivity index (χ0v) is 13.5. The van der Waals surface area contributed by atoms with Crippen LogP contribution in [0.25, 0.3) is 0 Å². The maximum atomic E-state index is 12.6. The molecule has 128 valence electrons. The standard InChI is InChI=1S/C19H17NO5/c1-2-25-19(24)15-16(12-8-10-14(21)11-9-12)20(18(23)17(15)22)13-6-4-3-5-7-13/h3-11,16,21-22H,2H2,1H3. The lowest BCUT2D eigenvalue weighted by molar-refractivity contribution is -0.139. The maximum absolute atomic E-state index is 12.6. The minimum atomic E-state index is -0.838. The molecule has 2 aromatic rings. The number of carbonyl (C=O) groups excluding carboxylic acids is 2. The first kappa shape index (κ1) is 16.6. The number of phenolic OH excluding ortho intramolecular Hbond substituents is 1. The second-order valence-electron chi connectivity index (χ2n) is 5.49. The fraction of sp³-hybridized carbons (Fsp3) is 0.158. The number of phenols is 1. The van der Waals surface area contributed by atoms with Gasteiger partial charge in [0, 0.05) is 5.69 Å². The molecule has 0 aromatic heterocycles. The largest absolute Gasteiger partial charge is 0.508 e. The van der Waals surface area contributed by atoms with Gasteiger partial charge in [-0.1, -0.05) is 30.3 Å². The van der Waals surface area contributed by atoms with Gasteiger partial charge in [0.25, 0.3) is 5.91 Å². The summed E-state index contributed by atoms with van der Waals surface area (Å²) in [5.74, 6) is -1.98. The lowest BCUT2D eigenvalue weighted by Crippen LogP contribution is -2.31. The van der Waals surface area contributed by atoms with Crippen molar-refractivity contribution in [3.05, 3.63) is 71.5 Å². The third-order valence-electron chi connectivity index (χ3n) is 3.95. The number of benzene rings is 2. The molecule has 0 aliphatic carbocycles. The van der Waals surface area contributed by atoms with E-state index < -0.39 is 23.7 Å². The van der Waals surface area contributed by atoms with Crippen LogP contribution in [0.3, 0.4) is 0 Å². The van der Waals surface area contributed by atoms with Crippen LogP contribution in [0, 0.1) is 0 Å². The first-order chi connectivity index (χ1) is 12.0. The van der Waals surface area contributed by atoms with Crippen LogP contribution in [0.2, 0.25) is 0 Å². The molecule has 1 aliphatic heterocycles. The van der Waals surface area contributed by atoms with E-state index in [0.29, 0.717) is 11.3 Å². The molecule has 6 heteroatoms. The van der Waals surface area contributed by atoms with Crippen molar-refractivity contribution in [3.8, 4) is 5.75 Å². The SMILES string of the molecule is CCOC(=O)C1=C(O)C(=O)N(c2ccccc2)C1c1ccc(O)cc1. The predicted octanol–water partition coefficient (Wildman–Crippen LogP) is 2.86. The highest BCUT2D eigenvalue weighted by Crippen LogP contribution is 2.41. The molecule has 3 rings (SSSR count). The molecule has 0 fully saturated rings. The lowest BCUT2D eigenvalue weighted by atomic mass is 9.99. The van der Waals surface area contributed by atoms with Gasteiger partial charge in [-0.15, -0.1) is 0 Å². The number of amides is 1. The van der Waals surface area contributed by atoms with Crippen LogP contribution in [-0.2, 0) is 14.3 Å². The first-order valence-corrected chi connectivity index (χ1v) is 7.82. The second-order valence-corrected chi connectivity index (χ2v) is 5.49. The highest BCUT2D eigenvalue weighted by atomic mass is 16.5. The van der Waals surface area contributed by atoms with Gasteiger partial charge in [0.1, 0.15) is 11.3 Å². The molecular formula is C19H17NO5. The monoisotopic (exact) mass is 339 g/mol. The van der Waals surface area contributed by atoms with E-state index in [9.17, 15) is 19.8 Å². The quantitative estimate of drug-likeness (QED) is 0.837. The summed E-state index contributed by atoms with van der Waals surface area (Å²) in [5, 5.41) is 19.8. The Morgan fingerprint density at radius 3 is 2.32 bits per heavy atom. The van der Waals surface area contributed by atoms with E-state index in [4.69, 9.17) is 4.74 Å². The number of aliphatic hydroxyl groups excluding tert-OH is 1. The maximum Gasteiger partial charge on any atom is 0.340 e. The topological polar surface area (TPSA) is 87.1 Å². The minimum Gasteiger partial charge on any atom is -0.508 e. The van der Waals surface area contributed by atoms with Crippen molar-refractivity contribution in [1.82, 2.24) is 0 Å². The molecule has 1 atom stereocenters. The molecule has 0 saturated carbocycles. The molecule has 1 aliphatic rings. The molecule has 1 unspecified atom stereocenters. The summed E-state index contributed by atoms with van der Waals surface area (Å²) < 4.78 is 5.02. The molecule has 2 aromatic carbocycles. The molecule has 0 radical (unpaired) electrons. The Morgan fingerprint density at radius 1 is 1.08 bits per heavy atom. The number of anilines is 1. The highest BCUT2D eigenvalue weighted by molar-refractivity contribution is 6.15. The normalized spacial score (nSPS) is 17.1. The number of ether oxygens (including phenoxy) is 1. The van der Waals surface area contributed by atoms with Gasteiger partial charge in [0.2, 0.25) is 0 Å². The summed E-state index contributed by atoms with van der Waals surface area (Å²) in [5.41, 5.74) is 1.000. The summed E-state index contributed by atoms with van der Waals surface area (Å²) in [6.45, 7) is 1.77. The summed E-state index contributed by atoms with van der Waals surface area (Å²) in [4.78, 5) is 26.3. The summed E-state index contributed by atoms with van der Waals surface area (Å²) >= 11 is 0. The first-order valence-electron chi connectivity index (χ1n) is 7.82. The number of hydrogen-bond donors (Lipinski definition) is 2. The third-order valence-corrected chi connectivity index (χ3v) is 3.95. The van der Waals surface area contributed by atoms with Crippen molar-refractivity contribution < 1.29 is 24.5 Å². The van der Waals surface area contributed by atoms with Crippen LogP contribution in [-0.4, -0.2) is 28.7 Å². The van der Waals surface area contributed by atoms with Crippen LogP contribution < -0.4 is 4.90 Å². The van der Waals surface area contributed by atoms with Crippen molar-refractivity contribution in [2.75, 3.05) is 11.5 Å². The van der Waals surface area contributed by atoms with Gasteiger partial charge in [0.05, 0.1) is 12.6 Å². The minimum absolute atomic E-state index is 0.0604. The summed E-state index contributed by atoms with van der Waals surface area (Å²) in [7, 11) is 0. The lowest BCUT2D eigenvalue weighted by Gasteiger charge is -2.26. The van der Waals surface area contributed by atoms with Crippen LogP contribution in [0.5, 0.6) is 5.75 Å². The zero-order chi connectivity index (χ0) is 18.0. The van der Waals surface area contributed by atoms with E-state index in [1.165, 1.54) is 17.0 Å². The molecule has 0 spiro atoms. The number of esters is 1. The molecule has 0 saturated heterocycles. The molecule has 25 heavy (non-hydrogen) atoms. The predicted molar refractivity (Wildman–Crippen MR) is 91.1 cm³/mol. The number of hydrogen-bond acceptors (Lipinski definition) is 5. The van der Waals surface area contributed by atoms with Crippen molar-refractivity contribution in [1.29, 1.82) is 0 Å². The Balaban J connectivity index is 2.14. The number of aliphatic hydroxyl groups is 1. The van der Waals surface area contributed by atoms with E-state index >= 15 is 0 Å². The van der Waals surface area contributed by atoms with Crippen molar-refractivity contribution >= 4 is 17.6 Å². The molecule has 1 amide bonds. The number of rotatable bonds is 4. The molecule has 1 heterocycles. The van der Waals surface area contributed by atoms with Gasteiger partial charge in [-0.25, -0.2) is 4.79 Å². The average molecular weight is 339 g/mol. The van der Waals surface area contributed by atoms with Crippen LogP contribution in [0.15, 0.2) is 65.9 Å². The Hall–Kier alpha value is -3.28. The Labute approximate surface area is 144 Å². The number of aromatic hydroxyl groups is 1. The molecular weight excluding hydrogens is 322 g/mol. The van der Waals surface area contributed by atoms with Gasteiger partial charge in [0.15, 0.2) is 5.76 Å². The third kappa shape index (κ3) is 2.94. The summed E-state index contributed by atoms with van der Waals surface area (Å²) in [6, 6.07) is 14.0. The Bertz CT molecular complexity index is 827. The molecule has 6 nitrogen and oxygen atoms in total. The fourth-order valence-electron chi connectivity index (χ4n) is 2.85. The van der Waals surface area contributed by atoms with E-state index in [2.05, 4.69) is 0 Å². The van der Waals surface area contributed by atoms with E-state index in [0.717, 1.165) is 0 Å².